The number of hydrogen-bond acceptors (Lipinski definition) is 4. The van der Waals surface area contributed by atoms with Gasteiger partial charge in [-0.3, -0.25) is 9.59 Å². The van der Waals surface area contributed by atoms with E-state index < -0.39 is 0 Å². The second kappa shape index (κ2) is 11.0. The third-order valence-corrected chi connectivity index (χ3v) is 11.8. The predicted octanol–water partition coefficient (Wildman–Crippen LogP) is 5.77. The maximum atomic E-state index is 12.4. The van der Waals surface area contributed by atoms with Crippen molar-refractivity contribution in [3.8, 4) is 0 Å². The average Bonchev–Trinajstić information content (AvgIpc) is 3.17. The summed E-state index contributed by atoms with van der Waals surface area (Å²) in [6.07, 6.45) is 16.3. The summed E-state index contributed by atoms with van der Waals surface area (Å²) in [5.74, 6) is 4.22. The van der Waals surface area contributed by atoms with Crippen molar-refractivity contribution in [3.05, 3.63) is 0 Å². The van der Waals surface area contributed by atoms with Crippen LogP contribution in [0.15, 0.2) is 0 Å². The second-order valence-corrected chi connectivity index (χ2v) is 13.7. The Labute approximate surface area is 219 Å². The van der Waals surface area contributed by atoms with Crippen molar-refractivity contribution in [1.82, 2.24) is 4.90 Å². The molecule has 8 atom stereocenters. The molecule has 0 aromatic rings. The van der Waals surface area contributed by atoms with E-state index in [1.807, 2.05) is 4.90 Å². The topological polar surface area (TPSA) is 66.8 Å². The molecular formula is C31H51NO4. The van der Waals surface area contributed by atoms with Gasteiger partial charge in [-0.2, -0.15) is 0 Å². The molecule has 1 aliphatic heterocycles. The van der Waals surface area contributed by atoms with Crippen LogP contribution < -0.4 is 0 Å². The van der Waals surface area contributed by atoms with Crippen LogP contribution in [0.3, 0.4) is 0 Å². The number of aliphatic hydroxyl groups excluding tert-OH is 1. The third kappa shape index (κ3) is 5.05. The number of nitrogens with zero attached hydrogens (tertiary/aromatic N) is 1. The number of aliphatic hydroxyl groups is 1. The van der Waals surface area contributed by atoms with E-state index in [1.165, 1.54) is 51.4 Å². The molecule has 5 fully saturated rings. The number of hydrogen-bond donors (Lipinski definition) is 1. The van der Waals surface area contributed by atoms with Crippen LogP contribution in [0.25, 0.3) is 0 Å². The molecule has 0 spiro atoms. The molecule has 4 saturated carbocycles. The van der Waals surface area contributed by atoms with E-state index in [4.69, 9.17) is 4.74 Å². The molecule has 5 nitrogen and oxygen atoms in total. The van der Waals surface area contributed by atoms with E-state index in [0.29, 0.717) is 54.5 Å². The molecule has 4 aliphatic carbocycles. The first kappa shape index (κ1) is 26.7. The second-order valence-electron chi connectivity index (χ2n) is 13.7. The van der Waals surface area contributed by atoms with Crippen molar-refractivity contribution in [3.63, 3.8) is 0 Å². The number of rotatable bonds is 8. The fourth-order valence-corrected chi connectivity index (χ4v) is 9.89. The molecule has 1 amide bonds. The van der Waals surface area contributed by atoms with Crippen LogP contribution in [0.4, 0.5) is 0 Å². The monoisotopic (exact) mass is 501 g/mol. The van der Waals surface area contributed by atoms with E-state index >= 15 is 0 Å². The van der Waals surface area contributed by atoms with Gasteiger partial charge in [0, 0.05) is 32.4 Å². The molecule has 5 heteroatoms. The lowest BCUT2D eigenvalue weighted by molar-refractivity contribution is -0.159. The van der Waals surface area contributed by atoms with Gasteiger partial charge in [-0.25, -0.2) is 0 Å². The Morgan fingerprint density at radius 2 is 1.75 bits per heavy atom. The first-order chi connectivity index (χ1) is 17.3. The van der Waals surface area contributed by atoms with E-state index in [-0.39, 0.29) is 11.5 Å². The molecule has 0 aromatic carbocycles. The summed E-state index contributed by atoms with van der Waals surface area (Å²) in [5, 5.41) is 11.0. The molecule has 1 saturated heterocycles. The minimum atomic E-state index is -0.131. The molecule has 1 N–H and O–H groups in total. The SMILES string of the molecule is C[C@]12CCC(=O)CC1CC[C@@H]1[C@H]2C(CCCCCCCC(=O)N2CCOCC2)C[C@]2(C)C(O)CC[C@@H]12. The number of ether oxygens (including phenoxy) is 1. The zero-order valence-electron chi connectivity index (χ0n) is 23.0. The van der Waals surface area contributed by atoms with Crippen LogP contribution >= 0.6 is 0 Å². The summed E-state index contributed by atoms with van der Waals surface area (Å²) >= 11 is 0. The number of carbonyl (C=O) groups is 2. The van der Waals surface area contributed by atoms with Gasteiger partial charge in [0.05, 0.1) is 19.3 Å². The van der Waals surface area contributed by atoms with Gasteiger partial charge < -0.3 is 14.7 Å². The number of unbranched alkanes of at least 4 members (excludes halogenated alkanes) is 4. The quantitative estimate of drug-likeness (QED) is 0.429. The molecule has 5 aliphatic rings. The number of morpholine rings is 1. The summed E-state index contributed by atoms with van der Waals surface area (Å²) in [6.45, 7) is 7.83. The number of fused-ring (bicyclic) bond motifs is 5. The normalized spacial score (nSPS) is 42.5. The Morgan fingerprint density at radius 3 is 2.56 bits per heavy atom. The van der Waals surface area contributed by atoms with Gasteiger partial charge in [0.1, 0.15) is 5.78 Å². The van der Waals surface area contributed by atoms with Crippen molar-refractivity contribution in [1.29, 1.82) is 0 Å². The van der Waals surface area contributed by atoms with E-state index in [2.05, 4.69) is 13.8 Å². The highest BCUT2D eigenvalue weighted by molar-refractivity contribution is 5.79. The lowest BCUT2D eigenvalue weighted by atomic mass is 9.42. The van der Waals surface area contributed by atoms with Gasteiger partial charge in [0.15, 0.2) is 0 Å². The van der Waals surface area contributed by atoms with Gasteiger partial charge in [0.2, 0.25) is 5.91 Å². The van der Waals surface area contributed by atoms with Crippen LogP contribution in [0.2, 0.25) is 0 Å². The predicted molar refractivity (Wildman–Crippen MR) is 141 cm³/mol. The summed E-state index contributed by atoms with van der Waals surface area (Å²) in [5.41, 5.74) is 0.412. The summed E-state index contributed by atoms with van der Waals surface area (Å²) < 4.78 is 5.36. The Bertz CT molecular complexity index is 793. The lowest BCUT2D eigenvalue weighted by Crippen LogP contribution is -2.57. The van der Waals surface area contributed by atoms with Crippen molar-refractivity contribution in [2.24, 2.45) is 40.4 Å². The fraction of sp³-hybridized carbons (Fsp3) is 0.935. The fourth-order valence-electron chi connectivity index (χ4n) is 9.89. The third-order valence-electron chi connectivity index (χ3n) is 11.8. The van der Waals surface area contributed by atoms with E-state index in [9.17, 15) is 14.7 Å². The Morgan fingerprint density at radius 1 is 1.00 bits per heavy atom. The first-order valence-corrected chi connectivity index (χ1v) is 15.4. The highest BCUT2D eigenvalue weighted by Gasteiger charge is 2.62. The molecule has 0 bridgehead atoms. The number of ketones is 1. The molecule has 3 unspecified atom stereocenters. The maximum absolute atomic E-state index is 12.4. The Balaban J connectivity index is 1.15. The van der Waals surface area contributed by atoms with Gasteiger partial charge in [-0.15, -0.1) is 0 Å². The lowest BCUT2D eigenvalue weighted by Gasteiger charge is -2.62. The molecule has 5 rings (SSSR count). The summed E-state index contributed by atoms with van der Waals surface area (Å²) in [4.78, 5) is 26.7. The van der Waals surface area contributed by atoms with Crippen LogP contribution in [-0.4, -0.2) is 54.1 Å². The zero-order chi connectivity index (χ0) is 25.3. The molecule has 0 aromatic heterocycles. The number of Topliss-reactive ketones (excluding diaryl/α,β-unsaturated/α-hetero) is 1. The smallest absolute Gasteiger partial charge is 0.222 e. The highest BCUT2D eigenvalue weighted by Crippen LogP contribution is 2.68. The standard InChI is InChI=1S/C31H51NO4/c1-30-15-14-24(33)20-23(30)10-11-25-26-12-13-27(34)31(26,2)21-22(29(25)30)8-6-4-3-5-7-9-28(35)32-16-18-36-19-17-32/h22-23,25-27,29,34H,3-21H2,1-2H3/t22?,23?,25-,26-,27?,29+,30-,31-/m0/s1. The zero-order valence-corrected chi connectivity index (χ0v) is 23.0. The van der Waals surface area contributed by atoms with Gasteiger partial charge in [-0.1, -0.05) is 46.0 Å². The van der Waals surface area contributed by atoms with E-state index in [0.717, 1.165) is 63.5 Å². The van der Waals surface area contributed by atoms with Crippen LogP contribution in [0, 0.1) is 40.4 Å². The number of amides is 1. The largest absolute Gasteiger partial charge is 0.393 e. The minimum absolute atomic E-state index is 0.0966. The van der Waals surface area contributed by atoms with Crippen LogP contribution in [-0.2, 0) is 14.3 Å². The Kier molecular flexibility index (Phi) is 8.18. The Hall–Kier alpha value is -0.940. The highest BCUT2D eigenvalue weighted by atomic mass is 16.5. The first-order valence-electron chi connectivity index (χ1n) is 15.4. The summed E-state index contributed by atoms with van der Waals surface area (Å²) in [7, 11) is 0. The summed E-state index contributed by atoms with van der Waals surface area (Å²) in [6, 6.07) is 0. The minimum Gasteiger partial charge on any atom is -0.393 e. The molecule has 1 heterocycles. The molecule has 0 radical (unpaired) electrons. The van der Waals surface area contributed by atoms with E-state index in [1.54, 1.807) is 0 Å². The molecule has 36 heavy (non-hydrogen) atoms. The molecule has 204 valence electrons. The van der Waals surface area contributed by atoms with Crippen molar-refractivity contribution in [2.75, 3.05) is 26.3 Å². The maximum Gasteiger partial charge on any atom is 0.222 e. The van der Waals surface area contributed by atoms with Gasteiger partial charge in [-0.05, 0) is 85.4 Å². The van der Waals surface area contributed by atoms with Crippen molar-refractivity contribution >= 4 is 11.7 Å². The molecular weight excluding hydrogens is 450 g/mol. The van der Waals surface area contributed by atoms with Crippen molar-refractivity contribution < 1.29 is 19.4 Å². The van der Waals surface area contributed by atoms with Crippen LogP contribution in [0.5, 0.6) is 0 Å². The van der Waals surface area contributed by atoms with Crippen LogP contribution in [0.1, 0.15) is 110 Å². The van der Waals surface area contributed by atoms with Gasteiger partial charge >= 0.3 is 0 Å². The average molecular weight is 502 g/mol. The van der Waals surface area contributed by atoms with Crippen molar-refractivity contribution in [2.45, 2.75) is 116 Å². The number of carbonyl (C=O) groups excluding carboxylic acids is 2. The van der Waals surface area contributed by atoms with Gasteiger partial charge in [0.25, 0.3) is 0 Å².